The number of rotatable bonds is 4. The van der Waals surface area contributed by atoms with Crippen LogP contribution < -0.4 is 4.72 Å². The summed E-state index contributed by atoms with van der Waals surface area (Å²) < 4.78 is 24.6. The van der Waals surface area contributed by atoms with Crippen molar-refractivity contribution in [2.75, 3.05) is 11.6 Å². The van der Waals surface area contributed by atoms with Crippen LogP contribution in [0.5, 0.6) is 0 Å². The number of hydrogen-bond acceptors (Lipinski definition) is 2. The zero-order valence-electron chi connectivity index (χ0n) is 7.77. The normalized spacial score (nSPS) is 13.9. The van der Waals surface area contributed by atoms with Crippen LogP contribution in [-0.4, -0.2) is 20.0 Å². The average Bonchev–Trinajstić information content (AvgIpc) is 2.14. The van der Waals surface area contributed by atoms with Gasteiger partial charge < -0.3 is 0 Å². The fraction of sp³-hybridized carbons (Fsp3) is 0.333. The van der Waals surface area contributed by atoms with Gasteiger partial charge in [0.1, 0.15) is 0 Å². The van der Waals surface area contributed by atoms with Crippen LogP contribution in [0.15, 0.2) is 30.3 Å². The van der Waals surface area contributed by atoms with Crippen molar-refractivity contribution in [2.45, 2.75) is 6.04 Å². The standard InChI is InChI=1S/C9H12BrNO2S/c1-14(12,13)11-9(7-10)8-5-3-2-4-6-8/h2-6,9,11H,7H2,1H3. The Morgan fingerprint density at radius 3 is 2.36 bits per heavy atom. The van der Waals surface area contributed by atoms with E-state index >= 15 is 0 Å². The molecule has 0 aliphatic heterocycles. The first kappa shape index (κ1) is 11.7. The summed E-state index contributed by atoms with van der Waals surface area (Å²) in [6, 6.07) is 9.25. The molecule has 0 saturated heterocycles. The van der Waals surface area contributed by atoms with E-state index in [9.17, 15) is 8.42 Å². The third kappa shape index (κ3) is 3.77. The average molecular weight is 278 g/mol. The molecule has 1 rings (SSSR count). The van der Waals surface area contributed by atoms with Gasteiger partial charge in [0.2, 0.25) is 10.0 Å². The number of benzene rings is 1. The molecular weight excluding hydrogens is 266 g/mol. The lowest BCUT2D eigenvalue weighted by Gasteiger charge is -2.14. The third-order valence-electron chi connectivity index (χ3n) is 1.71. The predicted molar refractivity (Wildman–Crippen MR) is 61.0 cm³/mol. The lowest BCUT2D eigenvalue weighted by Crippen LogP contribution is -2.28. The molecule has 0 saturated carbocycles. The van der Waals surface area contributed by atoms with Crippen LogP contribution in [0.1, 0.15) is 11.6 Å². The molecule has 0 aliphatic carbocycles. The van der Waals surface area contributed by atoms with Crippen molar-refractivity contribution in [3.05, 3.63) is 35.9 Å². The highest BCUT2D eigenvalue weighted by atomic mass is 79.9. The largest absolute Gasteiger partial charge is 0.213 e. The molecule has 1 N–H and O–H groups in total. The van der Waals surface area contributed by atoms with Crippen LogP contribution in [-0.2, 0) is 10.0 Å². The van der Waals surface area contributed by atoms with Crippen LogP contribution in [0.3, 0.4) is 0 Å². The Balaban J connectivity index is 2.84. The smallest absolute Gasteiger partial charge is 0.209 e. The Hall–Kier alpha value is -0.390. The summed E-state index contributed by atoms with van der Waals surface area (Å²) in [6.45, 7) is 0. The minimum Gasteiger partial charge on any atom is -0.213 e. The van der Waals surface area contributed by atoms with E-state index in [0.29, 0.717) is 5.33 Å². The molecule has 5 heteroatoms. The highest BCUT2D eigenvalue weighted by molar-refractivity contribution is 9.09. The van der Waals surface area contributed by atoms with Gasteiger partial charge in [-0.25, -0.2) is 13.1 Å². The maximum atomic E-state index is 11.0. The summed E-state index contributed by atoms with van der Waals surface area (Å²) in [6.07, 6.45) is 1.16. The van der Waals surface area contributed by atoms with Gasteiger partial charge in [0.15, 0.2) is 0 Å². The molecule has 1 aromatic carbocycles. The first-order valence-corrected chi connectivity index (χ1v) is 7.12. The van der Waals surface area contributed by atoms with E-state index < -0.39 is 10.0 Å². The van der Waals surface area contributed by atoms with Crippen molar-refractivity contribution < 1.29 is 8.42 Å². The molecule has 0 spiro atoms. The Bertz CT molecular complexity index is 377. The quantitative estimate of drug-likeness (QED) is 0.852. The fourth-order valence-electron chi connectivity index (χ4n) is 1.13. The van der Waals surface area contributed by atoms with Crippen molar-refractivity contribution >= 4 is 26.0 Å². The molecular formula is C9H12BrNO2S. The fourth-order valence-corrected chi connectivity index (χ4v) is 2.62. The van der Waals surface area contributed by atoms with Crippen molar-refractivity contribution in [3.8, 4) is 0 Å². The van der Waals surface area contributed by atoms with Crippen molar-refractivity contribution in [1.29, 1.82) is 0 Å². The maximum absolute atomic E-state index is 11.0. The summed E-state index contributed by atoms with van der Waals surface area (Å²) in [7, 11) is -3.16. The topological polar surface area (TPSA) is 46.2 Å². The van der Waals surface area contributed by atoms with Crippen LogP contribution in [0.25, 0.3) is 0 Å². The molecule has 1 aromatic rings. The van der Waals surface area contributed by atoms with E-state index in [-0.39, 0.29) is 6.04 Å². The third-order valence-corrected chi connectivity index (χ3v) is 3.07. The Morgan fingerprint density at radius 2 is 1.93 bits per heavy atom. The molecule has 14 heavy (non-hydrogen) atoms. The maximum Gasteiger partial charge on any atom is 0.209 e. The summed E-state index contributed by atoms with van der Waals surface area (Å²) >= 11 is 3.28. The minimum absolute atomic E-state index is 0.203. The number of halogens is 1. The van der Waals surface area contributed by atoms with Crippen molar-refractivity contribution in [3.63, 3.8) is 0 Å². The Kier molecular flexibility index (Phi) is 4.10. The summed E-state index contributed by atoms with van der Waals surface area (Å²) in [5.41, 5.74) is 0.954. The number of hydrogen-bond donors (Lipinski definition) is 1. The minimum atomic E-state index is -3.16. The summed E-state index contributed by atoms with van der Waals surface area (Å²) in [5, 5.41) is 0.560. The van der Waals surface area contributed by atoms with Crippen LogP contribution in [0, 0.1) is 0 Å². The lowest BCUT2D eigenvalue weighted by molar-refractivity contribution is 0.575. The monoisotopic (exact) mass is 277 g/mol. The molecule has 1 atom stereocenters. The lowest BCUT2D eigenvalue weighted by atomic mass is 10.1. The van der Waals surface area contributed by atoms with E-state index in [0.717, 1.165) is 11.8 Å². The van der Waals surface area contributed by atoms with Gasteiger partial charge in [-0.3, -0.25) is 0 Å². The van der Waals surface area contributed by atoms with E-state index in [2.05, 4.69) is 20.7 Å². The summed E-state index contributed by atoms with van der Waals surface area (Å²) in [4.78, 5) is 0. The predicted octanol–water partition coefficient (Wildman–Crippen LogP) is 1.67. The molecule has 0 fully saturated rings. The van der Waals surface area contributed by atoms with E-state index in [1.54, 1.807) is 0 Å². The van der Waals surface area contributed by atoms with Gasteiger partial charge in [-0.15, -0.1) is 0 Å². The molecule has 3 nitrogen and oxygen atoms in total. The molecule has 0 heterocycles. The second-order valence-electron chi connectivity index (χ2n) is 3.01. The second kappa shape index (κ2) is 4.91. The molecule has 0 bridgehead atoms. The van der Waals surface area contributed by atoms with Crippen molar-refractivity contribution in [1.82, 2.24) is 4.72 Å². The molecule has 0 aromatic heterocycles. The van der Waals surface area contributed by atoms with E-state index in [1.165, 1.54) is 0 Å². The number of sulfonamides is 1. The van der Waals surface area contributed by atoms with Gasteiger partial charge in [-0.1, -0.05) is 46.3 Å². The van der Waals surface area contributed by atoms with E-state index in [1.807, 2.05) is 30.3 Å². The van der Waals surface area contributed by atoms with Gasteiger partial charge in [0, 0.05) is 5.33 Å². The van der Waals surface area contributed by atoms with Crippen molar-refractivity contribution in [2.24, 2.45) is 0 Å². The van der Waals surface area contributed by atoms with E-state index in [4.69, 9.17) is 0 Å². The summed E-state index contributed by atoms with van der Waals surface area (Å²) in [5.74, 6) is 0. The van der Waals surface area contributed by atoms with Crippen LogP contribution >= 0.6 is 15.9 Å². The number of alkyl halides is 1. The molecule has 78 valence electrons. The molecule has 0 amide bonds. The van der Waals surface area contributed by atoms with Gasteiger partial charge in [0.25, 0.3) is 0 Å². The zero-order valence-corrected chi connectivity index (χ0v) is 10.2. The molecule has 0 aliphatic rings. The van der Waals surface area contributed by atoms with Gasteiger partial charge >= 0.3 is 0 Å². The Morgan fingerprint density at radius 1 is 1.36 bits per heavy atom. The van der Waals surface area contributed by atoms with Crippen LogP contribution in [0.2, 0.25) is 0 Å². The van der Waals surface area contributed by atoms with Crippen LogP contribution in [0.4, 0.5) is 0 Å². The Labute approximate surface area is 92.7 Å². The highest BCUT2D eigenvalue weighted by Gasteiger charge is 2.13. The SMILES string of the molecule is CS(=O)(=O)NC(CBr)c1ccccc1. The van der Waals surface area contributed by atoms with Gasteiger partial charge in [-0.05, 0) is 5.56 Å². The zero-order chi connectivity index (χ0) is 10.6. The van der Waals surface area contributed by atoms with Gasteiger partial charge in [0.05, 0.1) is 12.3 Å². The second-order valence-corrected chi connectivity index (χ2v) is 5.44. The highest BCUT2D eigenvalue weighted by Crippen LogP contribution is 2.15. The van der Waals surface area contributed by atoms with Gasteiger partial charge in [-0.2, -0.15) is 0 Å². The number of nitrogens with one attached hydrogen (secondary N) is 1. The molecule has 0 radical (unpaired) electrons. The first-order valence-electron chi connectivity index (χ1n) is 4.11. The molecule has 1 unspecified atom stereocenters. The first-order chi connectivity index (χ1) is 6.53.